The molecule has 1 atom stereocenters. The molecular formula is C40H30BrClN4O9S2. The molecule has 0 unspecified atom stereocenters. The first kappa shape index (κ1) is 40.8. The third-order valence-electron chi connectivity index (χ3n) is 8.49. The van der Waals surface area contributed by atoms with Crippen molar-refractivity contribution in [3.8, 4) is 16.9 Å². The van der Waals surface area contributed by atoms with E-state index in [2.05, 4.69) is 21.2 Å². The van der Waals surface area contributed by atoms with Gasteiger partial charge in [0.2, 0.25) is 5.91 Å². The van der Waals surface area contributed by atoms with Gasteiger partial charge in [-0.15, -0.1) is 0 Å². The van der Waals surface area contributed by atoms with Gasteiger partial charge in [-0.25, -0.2) is 13.1 Å². The summed E-state index contributed by atoms with van der Waals surface area (Å²) in [5.41, 5.74) is 3.56. The number of halogens is 2. The predicted octanol–water partition coefficient (Wildman–Crippen LogP) is 7.53. The highest BCUT2D eigenvalue weighted by Crippen LogP contribution is 2.32. The van der Waals surface area contributed by atoms with Crippen molar-refractivity contribution in [2.75, 3.05) is 6.54 Å². The number of benzene rings is 5. The van der Waals surface area contributed by atoms with Crippen LogP contribution in [0.1, 0.15) is 16.7 Å². The van der Waals surface area contributed by atoms with Crippen LogP contribution >= 0.6 is 39.3 Å². The highest BCUT2D eigenvalue weighted by molar-refractivity contribution is 9.10. The zero-order valence-corrected chi connectivity index (χ0v) is 33.4. The van der Waals surface area contributed by atoms with Gasteiger partial charge in [0, 0.05) is 28.0 Å². The number of carbonyl (C=O) groups excluding carboxylic acids is 4. The summed E-state index contributed by atoms with van der Waals surface area (Å²) in [6, 6.07) is 31.1. The molecule has 1 aliphatic rings. The molecule has 0 spiro atoms. The molecule has 0 aliphatic carbocycles. The Labute approximate surface area is 344 Å². The maximum Gasteiger partial charge on any atom is 0.294 e. The topological polar surface area (TPSA) is 182 Å². The molecule has 1 aliphatic heterocycles. The number of non-ortho nitro benzene ring substituents is 1. The number of thioether (sulfide) groups is 1. The van der Waals surface area contributed by atoms with Crippen molar-refractivity contribution < 1.29 is 37.3 Å². The summed E-state index contributed by atoms with van der Waals surface area (Å²) in [6.07, 6.45) is 1.33. The van der Waals surface area contributed by atoms with E-state index in [-0.39, 0.29) is 23.6 Å². The monoisotopic (exact) mass is 888 g/mol. The zero-order valence-electron chi connectivity index (χ0n) is 29.5. The Kier molecular flexibility index (Phi) is 12.9. The number of rotatable bonds is 14. The minimum atomic E-state index is -4.55. The lowest BCUT2D eigenvalue weighted by molar-refractivity contribution is -0.384. The molecule has 0 aromatic heterocycles. The zero-order chi connectivity index (χ0) is 40.7. The number of nitro benzene ring substituents is 1. The average Bonchev–Trinajstić information content (AvgIpc) is 3.45. The number of ether oxygens (including phenoxy) is 1. The SMILES string of the molecule is O=C(CN1C(=O)SC(=Cc2ccc(-c3ccc(Cl)cc3)cc2)C1=O)N[C@@H](Cc1ccc(OCc2ccc(Br)cc2)cc1)C(=O)NS(=O)(=O)c1ccc([N+](=O)[O-])cc1. The van der Waals surface area contributed by atoms with E-state index >= 15 is 0 Å². The number of hydrogen-bond donors (Lipinski definition) is 2. The van der Waals surface area contributed by atoms with E-state index < -0.39 is 55.4 Å². The van der Waals surface area contributed by atoms with Crippen LogP contribution in [0, 0.1) is 10.1 Å². The van der Waals surface area contributed by atoms with E-state index in [4.69, 9.17) is 16.3 Å². The Morgan fingerprint density at radius 3 is 2.07 bits per heavy atom. The summed E-state index contributed by atoms with van der Waals surface area (Å²) in [7, 11) is -4.55. The van der Waals surface area contributed by atoms with Gasteiger partial charge in [0.15, 0.2) is 0 Å². The van der Waals surface area contributed by atoms with Crippen LogP contribution in [0.5, 0.6) is 5.75 Å². The molecule has 0 saturated carbocycles. The Bertz CT molecular complexity index is 2470. The predicted molar refractivity (Wildman–Crippen MR) is 219 cm³/mol. The molecule has 17 heteroatoms. The highest BCUT2D eigenvalue weighted by atomic mass is 79.9. The normalized spacial score (nSPS) is 14.0. The maximum atomic E-state index is 13.5. The molecule has 0 radical (unpaired) electrons. The molecule has 1 heterocycles. The Morgan fingerprint density at radius 2 is 1.46 bits per heavy atom. The Balaban J connectivity index is 1.15. The molecule has 1 saturated heterocycles. The number of carbonyl (C=O) groups is 4. The Hall–Kier alpha value is -5.81. The molecule has 13 nitrogen and oxygen atoms in total. The second-order valence-corrected chi connectivity index (χ2v) is 16.5. The first-order valence-corrected chi connectivity index (χ1v) is 20.4. The van der Waals surface area contributed by atoms with Gasteiger partial charge >= 0.3 is 0 Å². The number of nitro groups is 1. The molecule has 6 rings (SSSR count). The quantitative estimate of drug-likeness (QED) is 0.0643. The third kappa shape index (κ3) is 10.7. The van der Waals surface area contributed by atoms with Crippen LogP contribution in [0.25, 0.3) is 17.2 Å². The van der Waals surface area contributed by atoms with Crippen molar-refractivity contribution in [3.63, 3.8) is 0 Å². The number of imide groups is 1. The number of hydrogen-bond acceptors (Lipinski definition) is 10. The molecule has 0 bridgehead atoms. The standard InChI is InChI=1S/C40H30BrClN4O9S2/c41-30-11-3-27(4-12-30)24-55-33-17-5-25(6-18-33)21-35(38(48)44-57(53,54)34-19-15-32(16-20-34)46(51)52)43-37(47)23-45-39(49)36(56-40(45)50)22-26-1-7-28(8-2-26)29-9-13-31(42)14-10-29/h1-20,22,35H,21,23-24H2,(H,43,47)(H,44,48)/t35-/m0/s1. The summed E-state index contributed by atoms with van der Waals surface area (Å²) >= 11 is 10.0. The van der Waals surface area contributed by atoms with Crippen molar-refractivity contribution in [2.24, 2.45) is 0 Å². The minimum absolute atomic E-state index is 0.0815. The Morgan fingerprint density at radius 1 is 0.860 bits per heavy atom. The van der Waals surface area contributed by atoms with Crippen molar-refractivity contribution >= 4 is 84.0 Å². The molecule has 290 valence electrons. The molecule has 4 amide bonds. The second kappa shape index (κ2) is 18.0. The largest absolute Gasteiger partial charge is 0.489 e. The van der Waals surface area contributed by atoms with E-state index in [9.17, 15) is 37.7 Å². The van der Waals surface area contributed by atoms with Crippen LogP contribution in [0.15, 0.2) is 136 Å². The lowest BCUT2D eigenvalue weighted by atomic mass is 10.0. The third-order valence-corrected chi connectivity index (χ3v) is 11.5. The summed E-state index contributed by atoms with van der Waals surface area (Å²) in [4.78, 5) is 63.9. The van der Waals surface area contributed by atoms with Gasteiger partial charge in [0.25, 0.3) is 32.8 Å². The van der Waals surface area contributed by atoms with Crippen molar-refractivity contribution in [2.45, 2.75) is 24.0 Å². The van der Waals surface area contributed by atoms with E-state index in [1.54, 1.807) is 48.5 Å². The van der Waals surface area contributed by atoms with Crippen LogP contribution < -0.4 is 14.8 Å². The molecule has 1 fully saturated rings. The minimum Gasteiger partial charge on any atom is -0.489 e. The molecule has 5 aromatic carbocycles. The van der Waals surface area contributed by atoms with Crippen LogP contribution in [0.3, 0.4) is 0 Å². The lowest BCUT2D eigenvalue weighted by Crippen LogP contribution is -2.52. The fourth-order valence-corrected chi connectivity index (χ4v) is 7.76. The smallest absolute Gasteiger partial charge is 0.294 e. The number of amides is 4. The average molecular weight is 890 g/mol. The highest BCUT2D eigenvalue weighted by Gasteiger charge is 2.37. The second-order valence-electron chi connectivity index (χ2n) is 12.5. The van der Waals surface area contributed by atoms with E-state index in [1.807, 2.05) is 53.3 Å². The van der Waals surface area contributed by atoms with Crippen molar-refractivity contribution in [1.29, 1.82) is 0 Å². The molecule has 2 N–H and O–H groups in total. The first-order valence-electron chi connectivity index (χ1n) is 16.9. The summed E-state index contributed by atoms with van der Waals surface area (Å²) in [6.45, 7) is -0.465. The van der Waals surface area contributed by atoms with Crippen molar-refractivity contribution in [1.82, 2.24) is 14.9 Å². The molecule has 57 heavy (non-hydrogen) atoms. The fraction of sp³-hybridized carbons (Fsp3) is 0.100. The number of nitrogens with zero attached hydrogens (tertiary/aromatic N) is 2. The van der Waals surface area contributed by atoms with Gasteiger partial charge in [0.1, 0.15) is 24.9 Å². The van der Waals surface area contributed by atoms with Crippen LogP contribution in [-0.2, 0) is 37.4 Å². The van der Waals surface area contributed by atoms with Crippen LogP contribution in [-0.4, -0.2) is 53.8 Å². The van der Waals surface area contributed by atoms with Gasteiger partial charge in [-0.1, -0.05) is 88.2 Å². The first-order chi connectivity index (χ1) is 27.2. The molecular weight excluding hydrogens is 860 g/mol. The van der Waals surface area contributed by atoms with Gasteiger partial charge in [-0.05, 0) is 94.2 Å². The number of sulfonamides is 1. The van der Waals surface area contributed by atoms with Gasteiger partial charge in [-0.3, -0.25) is 34.2 Å². The summed E-state index contributed by atoms with van der Waals surface area (Å²) in [5, 5.41) is 13.4. The van der Waals surface area contributed by atoms with Gasteiger partial charge in [0.05, 0.1) is 14.7 Å². The van der Waals surface area contributed by atoms with Gasteiger partial charge in [-0.2, -0.15) is 0 Å². The van der Waals surface area contributed by atoms with E-state index in [0.29, 0.717) is 33.7 Å². The number of nitrogens with one attached hydrogen (secondary N) is 2. The van der Waals surface area contributed by atoms with E-state index in [0.717, 1.165) is 50.3 Å². The van der Waals surface area contributed by atoms with E-state index in [1.165, 1.54) is 6.08 Å². The van der Waals surface area contributed by atoms with Crippen LogP contribution in [0.4, 0.5) is 10.5 Å². The fourth-order valence-electron chi connectivity index (χ4n) is 5.51. The van der Waals surface area contributed by atoms with Crippen molar-refractivity contribution in [3.05, 3.63) is 163 Å². The molecule has 5 aromatic rings. The summed E-state index contributed by atoms with van der Waals surface area (Å²) in [5.74, 6) is -2.25. The summed E-state index contributed by atoms with van der Waals surface area (Å²) < 4.78 is 34.9. The maximum absolute atomic E-state index is 13.5. The van der Waals surface area contributed by atoms with Crippen LogP contribution in [0.2, 0.25) is 5.02 Å². The van der Waals surface area contributed by atoms with Gasteiger partial charge < -0.3 is 10.1 Å². The lowest BCUT2D eigenvalue weighted by Gasteiger charge is -2.20.